The number of rotatable bonds is 6. The Labute approximate surface area is 154 Å². The van der Waals surface area contributed by atoms with Crippen molar-refractivity contribution in [1.29, 1.82) is 0 Å². The molecule has 0 fully saturated rings. The molecule has 0 aliphatic rings. The highest BCUT2D eigenvalue weighted by Gasteiger charge is 2.36. The number of hydrogen-bond acceptors (Lipinski definition) is 4. The highest BCUT2D eigenvalue weighted by molar-refractivity contribution is 6.20. The number of ketones is 1. The molecule has 0 aliphatic carbocycles. The average molecular weight is 371 g/mol. The average Bonchev–Trinajstić information content (AvgIpc) is 2.80. The van der Waals surface area contributed by atoms with Crippen molar-refractivity contribution in [2.45, 2.75) is 40.7 Å². The van der Waals surface area contributed by atoms with Crippen LogP contribution in [0.2, 0.25) is 0 Å². The topological polar surface area (TPSA) is 68.6 Å². The Morgan fingerprint density at radius 3 is 2.24 bits per heavy atom. The van der Waals surface area contributed by atoms with E-state index in [1.165, 1.54) is 12.0 Å². The smallest absolute Gasteiger partial charge is 0.354 e. The molecular formula is C18H27ClN2O4. The van der Waals surface area contributed by atoms with Gasteiger partial charge in [-0.05, 0) is 40.2 Å². The third kappa shape index (κ3) is 3.73. The van der Waals surface area contributed by atoms with Crippen molar-refractivity contribution in [2.75, 3.05) is 20.0 Å². The molecule has 0 N–H and O–H groups in total. The number of nitrogens with zero attached hydrogens (tertiary/aromatic N) is 2. The van der Waals surface area contributed by atoms with Crippen molar-refractivity contribution in [1.82, 2.24) is 9.47 Å². The molecule has 0 spiro atoms. The summed E-state index contributed by atoms with van der Waals surface area (Å²) in [5.74, 6) is -0.764. The molecule has 0 unspecified atom stereocenters. The fourth-order valence-electron chi connectivity index (χ4n) is 2.82. The van der Waals surface area contributed by atoms with Crippen LogP contribution in [0.25, 0.3) is 0 Å². The zero-order chi connectivity index (χ0) is 19.7. The van der Waals surface area contributed by atoms with Crippen LogP contribution in [0, 0.1) is 19.3 Å². The molecule has 0 saturated carbocycles. The minimum absolute atomic E-state index is 0.160. The lowest BCUT2D eigenvalue weighted by Gasteiger charge is -2.31. The Bertz CT molecular complexity index is 706. The number of carbonyl (C=O) groups is 3. The van der Waals surface area contributed by atoms with Gasteiger partial charge in [0, 0.05) is 31.2 Å². The highest BCUT2D eigenvalue weighted by Crippen LogP contribution is 2.26. The zero-order valence-electron chi connectivity index (χ0n) is 16.2. The lowest BCUT2D eigenvalue weighted by molar-refractivity contribution is -0.139. The number of aromatic nitrogens is 1. The molecule has 140 valence electrons. The fourth-order valence-corrected chi connectivity index (χ4v) is 2.94. The predicted molar refractivity (Wildman–Crippen MR) is 97.3 cm³/mol. The fraction of sp³-hybridized carbons (Fsp3) is 0.611. The first kappa shape index (κ1) is 21.2. The van der Waals surface area contributed by atoms with Crippen LogP contribution in [-0.2, 0) is 16.6 Å². The molecule has 25 heavy (non-hydrogen) atoms. The Morgan fingerprint density at radius 1 is 1.28 bits per heavy atom. The van der Waals surface area contributed by atoms with E-state index in [-0.39, 0.29) is 17.6 Å². The maximum atomic E-state index is 13.0. The van der Waals surface area contributed by atoms with E-state index in [0.717, 1.165) is 0 Å². The van der Waals surface area contributed by atoms with Crippen molar-refractivity contribution < 1.29 is 19.1 Å². The molecular weight excluding hydrogens is 344 g/mol. The summed E-state index contributed by atoms with van der Waals surface area (Å²) >= 11 is 5.87. The Morgan fingerprint density at radius 2 is 1.80 bits per heavy atom. The minimum Gasteiger partial charge on any atom is -0.464 e. The molecule has 0 bridgehead atoms. The zero-order valence-corrected chi connectivity index (χ0v) is 16.9. The minimum atomic E-state index is -0.761. The van der Waals surface area contributed by atoms with E-state index in [0.29, 0.717) is 22.5 Å². The number of amides is 1. The van der Waals surface area contributed by atoms with Crippen molar-refractivity contribution >= 4 is 29.3 Å². The van der Waals surface area contributed by atoms with Gasteiger partial charge in [0.05, 0.1) is 18.6 Å². The third-order valence-electron chi connectivity index (χ3n) is 4.75. The first-order valence-electron chi connectivity index (χ1n) is 8.04. The van der Waals surface area contributed by atoms with E-state index in [2.05, 4.69) is 0 Å². The standard InChI is InChI=1S/C18H27ClN2O4/c1-10-13(11(2)20(6)14(10)16(23)25-8)15(22)12(3)21(7)17(24)18(4,5)9-19/h12H,9H2,1-8H3/t12-/m1/s1. The normalized spacial score (nSPS) is 12.7. The summed E-state index contributed by atoms with van der Waals surface area (Å²) in [6.07, 6.45) is 0. The molecule has 6 nitrogen and oxygen atoms in total. The SMILES string of the molecule is COC(=O)c1c(C)c(C(=O)[C@@H](C)N(C)C(=O)C(C)(C)CCl)c(C)n1C. The number of esters is 1. The van der Waals surface area contributed by atoms with Crippen LogP contribution in [0.1, 0.15) is 52.9 Å². The Kier molecular flexibility index (Phi) is 6.45. The molecule has 1 heterocycles. The van der Waals surface area contributed by atoms with E-state index >= 15 is 0 Å². The van der Waals surface area contributed by atoms with Crippen molar-refractivity contribution in [3.8, 4) is 0 Å². The van der Waals surface area contributed by atoms with E-state index in [9.17, 15) is 14.4 Å². The monoisotopic (exact) mass is 370 g/mol. The number of likely N-dealkylation sites (N-methyl/N-ethyl adjacent to an activating group) is 1. The number of methoxy groups -OCH3 is 1. The summed E-state index contributed by atoms with van der Waals surface area (Å²) in [4.78, 5) is 39.0. The number of alkyl halides is 1. The predicted octanol–water partition coefficient (Wildman–Crippen LogP) is 2.72. The molecule has 1 aromatic heterocycles. The van der Waals surface area contributed by atoms with Crippen LogP contribution in [0.15, 0.2) is 0 Å². The summed E-state index contributed by atoms with van der Waals surface area (Å²) in [5.41, 5.74) is 1.24. The number of ether oxygens (including phenoxy) is 1. The van der Waals surface area contributed by atoms with Crippen LogP contribution in [0.3, 0.4) is 0 Å². The lowest BCUT2D eigenvalue weighted by Crippen LogP contribution is -2.47. The van der Waals surface area contributed by atoms with Crippen molar-refractivity contribution in [3.05, 3.63) is 22.5 Å². The van der Waals surface area contributed by atoms with Gasteiger partial charge in [0.1, 0.15) is 5.69 Å². The second-order valence-corrected chi connectivity index (χ2v) is 7.23. The van der Waals surface area contributed by atoms with Gasteiger partial charge in [-0.3, -0.25) is 9.59 Å². The molecule has 1 atom stereocenters. The van der Waals surface area contributed by atoms with E-state index in [1.807, 2.05) is 0 Å². The van der Waals surface area contributed by atoms with E-state index in [4.69, 9.17) is 16.3 Å². The summed E-state index contributed by atoms with van der Waals surface area (Å²) < 4.78 is 6.45. The van der Waals surface area contributed by atoms with Crippen LogP contribution in [0.4, 0.5) is 0 Å². The van der Waals surface area contributed by atoms with E-state index in [1.54, 1.807) is 53.3 Å². The second kappa shape index (κ2) is 7.60. The molecule has 0 radical (unpaired) electrons. The molecule has 1 rings (SSSR count). The van der Waals surface area contributed by atoms with Crippen LogP contribution in [0.5, 0.6) is 0 Å². The van der Waals surface area contributed by atoms with Crippen LogP contribution in [-0.4, -0.2) is 53.2 Å². The van der Waals surface area contributed by atoms with Crippen molar-refractivity contribution in [2.24, 2.45) is 12.5 Å². The maximum absolute atomic E-state index is 13.0. The second-order valence-electron chi connectivity index (χ2n) is 6.96. The van der Waals surface area contributed by atoms with Gasteiger partial charge in [-0.15, -0.1) is 11.6 Å². The molecule has 0 aromatic carbocycles. The highest BCUT2D eigenvalue weighted by atomic mass is 35.5. The molecule has 1 aromatic rings. The van der Waals surface area contributed by atoms with Crippen LogP contribution < -0.4 is 0 Å². The lowest BCUT2D eigenvalue weighted by atomic mass is 9.92. The molecule has 0 aliphatic heterocycles. The number of halogens is 1. The van der Waals surface area contributed by atoms with E-state index < -0.39 is 17.4 Å². The summed E-state index contributed by atoms with van der Waals surface area (Å²) in [5, 5.41) is 0. The number of carbonyl (C=O) groups excluding carboxylic acids is 3. The van der Waals surface area contributed by atoms with Gasteiger partial charge in [-0.2, -0.15) is 0 Å². The van der Waals surface area contributed by atoms with Crippen LogP contribution >= 0.6 is 11.6 Å². The van der Waals surface area contributed by atoms with Gasteiger partial charge in [-0.1, -0.05) is 0 Å². The van der Waals surface area contributed by atoms with Gasteiger partial charge in [0.15, 0.2) is 5.78 Å². The number of Topliss-reactive ketones (excluding diaryl/α,β-unsaturated/α-hetero) is 1. The Hall–Kier alpha value is -1.82. The molecule has 1 amide bonds. The van der Waals surface area contributed by atoms with Gasteiger partial charge in [0.25, 0.3) is 0 Å². The van der Waals surface area contributed by atoms with Gasteiger partial charge >= 0.3 is 5.97 Å². The van der Waals surface area contributed by atoms with Gasteiger partial charge < -0.3 is 14.2 Å². The summed E-state index contributed by atoms with van der Waals surface area (Å²) in [6.45, 7) is 8.64. The van der Waals surface area contributed by atoms with Crippen molar-refractivity contribution in [3.63, 3.8) is 0 Å². The van der Waals surface area contributed by atoms with Gasteiger partial charge in [-0.25, -0.2) is 4.79 Å². The first-order valence-corrected chi connectivity index (χ1v) is 8.57. The Balaban J connectivity index is 3.28. The number of hydrogen-bond donors (Lipinski definition) is 0. The maximum Gasteiger partial charge on any atom is 0.354 e. The largest absolute Gasteiger partial charge is 0.464 e. The third-order valence-corrected chi connectivity index (χ3v) is 5.42. The molecule has 7 heteroatoms. The summed E-state index contributed by atoms with van der Waals surface area (Å²) in [6, 6.07) is -0.680. The summed E-state index contributed by atoms with van der Waals surface area (Å²) in [7, 11) is 4.60. The quantitative estimate of drug-likeness (QED) is 0.438. The first-order chi connectivity index (χ1) is 11.4. The van der Waals surface area contributed by atoms with Gasteiger partial charge in [0.2, 0.25) is 5.91 Å². The molecule has 0 saturated heterocycles.